The molecule has 0 aliphatic rings. The Morgan fingerprint density at radius 1 is 1.24 bits per heavy atom. The van der Waals surface area contributed by atoms with Crippen molar-refractivity contribution in [2.45, 2.75) is 26.3 Å². The monoisotopic (exact) mass is 356 g/mol. The zero-order valence-electron chi connectivity index (χ0n) is 14.8. The van der Waals surface area contributed by atoms with E-state index in [0.717, 1.165) is 11.4 Å². The van der Waals surface area contributed by atoms with Gasteiger partial charge in [0, 0.05) is 10.6 Å². The van der Waals surface area contributed by atoms with Gasteiger partial charge in [0.05, 0.1) is 18.3 Å². The number of rotatable bonds is 6. The van der Waals surface area contributed by atoms with Crippen LogP contribution in [0.25, 0.3) is 0 Å². The maximum absolute atomic E-state index is 12.3. The van der Waals surface area contributed by atoms with Crippen LogP contribution in [0.4, 0.5) is 5.69 Å². The molecule has 1 amide bonds. The first-order chi connectivity index (χ1) is 11.9. The summed E-state index contributed by atoms with van der Waals surface area (Å²) in [6, 6.07) is 15.4. The van der Waals surface area contributed by atoms with Crippen molar-refractivity contribution in [3.63, 3.8) is 0 Å². The molecule has 1 atom stereocenters. The number of amides is 1. The van der Waals surface area contributed by atoms with Crippen molar-refractivity contribution in [3.8, 4) is 6.07 Å². The number of hydrogen-bond acceptors (Lipinski definition) is 2. The van der Waals surface area contributed by atoms with Gasteiger partial charge in [-0.25, -0.2) is 0 Å². The van der Waals surface area contributed by atoms with E-state index in [1.807, 2.05) is 7.05 Å². The third-order valence-electron chi connectivity index (χ3n) is 3.99. The second-order valence-corrected chi connectivity index (χ2v) is 6.99. The van der Waals surface area contributed by atoms with E-state index in [1.54, 1.807) is 18.2 Å². The van der Waals surface area contributed by atoms with Gasteiger partial charge in [0.15, 0.2) is 6.54 Å². The Morgan fingerprint density at radius 2 is 1.92 bits per heavy atom. The summed E-state index contributed by atoms with van der Waals surface area (Å²) in [7, 11) is 1.97. The van der Waals surface area contributed by atoms with Gasteiger partial charge in [0.25, 0.3) is 5.91 Å². The summed E-state index contributed by atoms with van der Waals surface area (Å²) in [5, 5.41) is 12.4. The van der Waals surface area contributed by atoms with Crippen molar-refractivity contribution in [1.29, 1.82) is 5.26 Å². The minimum atomic E-state index is -0.143. The molecule has 2 N–H and O–H groups in total. The van der Waals surface area contributed by atoms with Gasteiger partial charge in [0.1, 0.15) is 12.6 Å². The number of carbonyl (C=O) groups excluding carboxylic acids is 1. The van der Waals surface area contributed by atoms with Gasteiger partial charge in [-0.15, -0.1) is 0 Å². The van der Waals surface area contributed by atoms with E-state index in [2.05, 4.69) is 49.5 Å². The molecular weight excluding hydrogens is 334 g/mol. The van der Waals surface area contributed by atoms with E-state index in [9.17, 15) is 4.79 Å². The number of hydrogen-bond donors (Lipinski definition) is 2. The minimum absolute atomic E-state index is 0.143. The normalized spacial score (nSPS) is 11.8. The average molecular weight is 357 g/mol. The number of benzene rings is 2. The molecule has 0 aromatic heterocycles. The van der Waals surface area contributed by atoms with E-state index in [1.165, 1.54) is 11.1 Å². The molecule has 130 valence electrons. The molecule has 2 rings (SSSR count). The lowest BCUT2D eigenvalue weighted by molar-refractivity contribution is -0.885. The first kappa shape index (κ1) is 19.0. The number of halogens is 1. The summed E-state index contributed by atoms with van der Waals surface area (Å²) in [5.41, 5.74) is 3.35. The van der Waals surface area contributed by atoms with E-state index in [4.69, 9.17) is 16.9 Å². The highest BCUT2D eigenvalue weighted by Crippen LogP contribution is 2.20. The van der Waals surface area contributed by atoms with E-state index < -0.39 is 0 Å². The van der Waals surface area contributed by atoms with Crippen LogP contribution in [0.1, 0.15) is 36.5 Å². The molecule has 0 heterocycles. The highest BCUT2D eigenvalue weighted by Gasteiger charge is 2.13. The molecule has 0 fully saturated rings. The van der Waals surface area contributed by atoms with Gasteiger partial charge < -0.3 is 10.2 Å². The summed E-state index contributed by atoms with van der Waals surface area (Å²) >= 11 is 5.94. The molecule has 0 bridgehead atoms. The smallest absolute Gasteiger partial charge is 0.279 e. The third kappa shape index (κ3) is 5.60. The Balaban J connectivity index is 1.94. The fourth-order valence-corrected chi connectivity index (χ4v) is 2.79. The van der Waals surface area contributed by atoms with Gasteiger partial charge in [-0.2, -0.15) is 5.26 Å². The molecular formula is C20H23ClN3O+. The lowest BCUT2D eigenvalue weighted by Crippen LogP contribution is -3.08. The molecule has 2 aromatic rings. The molecule has 5 heteroatoms. The number of nitrogens with zero attached hydrogens (tertiary/aromatic N) is 1. The van der Waals surface area contributed by atoms with E-state index in [0.29, 0.717) is 28.7 Å². The van der Waals surface area contributed by atoms with Gasteiger partial charge in [-0.3, -0.25) is 4.79 Å². The molecule has 1 unspecified atom stereocenters. The summed E-state index contributed by atoms with van der Waals surface area (Å²) in [5.74, 6) is 0.368. The van der Waals surface area contributed by atoms with Gasteiger partial charge >= 0.3 is 0 Å². The standard InChI is InChI=1S/C20H22ClN3O/c1-14(2)16-6-4-15(5-7-16)12-24(3)13-20(25)23-19-10-18(21)9-8-17(19)11-22/h4-10,14H,12-13H2,1-3H3,(H,23,25)/p+1. The zero-order valence-corrected chi connectivity index (χ0v) is 15.5. The zero-order chi connectivity index (χ0) is 18.4. The van der Waals surface area contributed by atoms with Crippen LogP contribution < -0.4 is 10.2 Å². The fourth-order valence-electron chi connectivity index (χ4n) is 2.62. The number of carbonyl (C=O) groups is 1. The molecule has 2 aromatic carbocycles. The van der Waals surface area contributed by atoms with Crippen LogP contribution in [0.3, 0.4) is 0 Å². The summed E-state index contributed by atoms with van der Waals surface area (Å²) in [4.78, 5) is 13.3. The Morgan fingerprint density at radius 3 is 2.52 bits per heavy atom. The Bertz CT molecular complexity index is 779. The number of likely N-dealkylation sites (N-methyl/N-ethyl adjacent to an activating group) is 1. The lowest BCUT2D eigenvalue weighted by Gasteiger charge is -2.15. The second-order valence-electron chi connectivity index (χ2n) is 6.56. The quantitative estimate of drug-likeness (QED) is 0.836. The molecule has 0 saturated carbocycles. The van der Waals surface area contributed by atoms with E-state index >= 15 is 0 Å². The molecule has 25 heavy (non-hydrogen) atoms. The minimum Gasteiger partial charge on any atom is -0.326 e. The second kappa shape index (κ2) is 8.66. The van der Waals surface area contributed by atoms with Crippen LogP contribution in [0.5, 0.6) is 0 Å². The Kier molecular flexibility index (Phi) is 6.58. The lowest BCUT2D eigenvalue weighted by atomic mass is 10.0. The van der Waals surface area contributed by atoms with Crippen molar-refractivity contribution in [2.75, 3.05) is 18.9 Å². The molecule has 0 spiro atoms. The number of nitriles is 1. The predicted molar refractivity (Wildman–Crippen MR) is 101 cm³/mol. The maximum Gasteiger partial charge on any atom is 0.279 e. The summed E-state index contributed by atoms with van der Waals surface area (Å²) < 4.78 is 0. The predicted octanol–water partition coefficient (Wildman–Crippen LogP) is 2.99. The maximum atomic E-state index is 12.3. The van der Waals surface area contributed by atoms with Crippen LogP contribution in [-0.2, 0) is 11.3 Å². The van der Waals surface area contributed by atoms with Crippen LogP contribution in [-0.4, -0.2) is 19.5 Å². The topological polar surface area (TPSA) is 57.3 Å². The van der Waals surface area contributed by atoms with Crippen LogP contribution in [0, 0.1) is 11.3 Å². The molecule has 4 nitrogen and oxygen atoms in total. The molecule has 0 radical (unpaired) electrons. The Hall–Kier alpha value is -2.35. The van der Waals surface area contributed by atoms with Crippen LogP contribution in [0.2, 0.25) is 5.02 Å². The largest absolute Gasteiger partial charge is 0.326 e. The van der Waals surface area contributed by atoms with Crippen LogP contribution >= 0.6 is 11.6 Å². The third-order valence-corrected chi connectivity index (χ3v) is 4.23. The van der Waals surface area contributed by atoms with Gasteiger partial charge in [-0.1, -0.05) is 49.7 Å². The van der Waals surface area contributed by atoms with Crippen molar-refractivity contribution >= 4 is 23.2 Å². The van der Waals surface area contributed by atoms with Gasteiger partial charge in [0.2, 0.25) is 0 Å². The number of quaternary nitrogens is 1. The fraction of sp³-hybridized carbons (Fsp3) is 0.300. The number of nitrogens with one attached hydrogen (secondary N) is 2. The molecule has 0 aliphatic heterocycles. The van der Waals surface area contributed by atoms with Crippen molar-refractivity contribution in [3.05, 3.63) is 64.2 Å². The first-order valence-electron chi connectivity index (χ1n) is 8.28. The van der Waals surface area contributed by atoms with Crippen LogP contribution in [0.15, 0.2) is 42.5 Å². The van der Waals surface area contributed by atoms with Crippen molar-refractivity contribution in [1.82, 2.24) is 0 Å². The first-order valence-corrected chi connectivity index (χ1v) is 8.66. The van der Waals surface area contributed by atoms with Crippen molar-refractivity contribution in [2.24, 2.45) is 0 Å². The molecule has 0 saturated heterocycles. The SMILES string of the molecule is CC(C)c1ccc(C[NH+](C)CC(=O)Nc2cc(Cl)ccc2C#N)cc1. The van der Waals surface area contributed by atoms with E-state index in [-0.39, 0.29) is 5.91 Å². The molecule has 0 aliphatic carbocycles. The highest BCUT2D eigenvalue weighted by atomic mass is 35.5. The highest BCUT2D eigenvalue weighted by molar-refractivity contribution is 6.31. The Labute approximate surface area is 154 Å². The average Bonchev–Trinajstić information content (AvgIpc) is 2.55. The summed E-state index contributed by atoms with van der Waals surface area (Å²) in [6.07, 6.45) is 0. The van der Waals surface area contributed by atoms with Crippen molar-refractivity contribution < 1.29 is 9.69 Å². The summed E-state index contributed by atoms with van der Waals surface area (Å²) in [6.45, 7) is 5.40. The number of anilines is 1. The van der Waals surface area contributed by atoms with Gasteiger partial charge in [-0.05, 0) is 29.7 Å².